The van der Waals surface area contributed by atoms with Gasteiger partial charge in [0.2, 0.25) is 0 Å². The summed E-state index contributed by atoms with van der Waals surface area (Å²) in [4.78, 5) is 21.0. The number of nitrogens with zero attached hydrogens (tertiary/aromatic N) is 1. The Morgan fingerprint density at radius 3 is 2.53 bits per heavy atom. The van der Waals surface area contributed by atoms with E-state index in [1.54, 1.807) is 6.92 Å². The van der Waals surface area contributed by atoms with Crippen molar-refractivity contribution in [3.05, 3.63) is 38.9 Å². The van der Waals surface area contributed by atoms with Crippen LogP contribution in [0.4, 0.5) is 5.69 Å². The Balaban J connectivity index is 3.49. The van der Waals surface area contributed by atoms with Crippen LogP contribution >= 0.6 is 0 Å². The zero-order chi connectivity index (χ0) is 11.6. The quantitative estimate of drug-likeness (QED) is 0.611. The summed E-state index contributed by atoms with van der Waals surface area (Å²) >= 11 is 0. The lowest BCUT2D eigenvalue weighted by Gasteiger charge is -2.05. The number of rotatable bonds is 3. The van der Waals surface area contributed by atoms with Gasteiger partial charge in [0.25, 0.3) is 5.69 Å². The molecular weight excluding hydrogens is 198 g/mol. The fourth-order valence-electron chi connectivity index (χ4n) is 1.53. The molecule has 0 spiro atoms. The molecule has 0 saturated heterocycles. The Morgan fingerprint density at radius 1 is 1.53 bits per heavy atom. The fraction of sp³-hybridized carbons (Fsp3) is 0.300. The van der Waals surface area contributed by atoms with Crippen LogP contribution in [0.15, 0.2) is 12.1 Å². The largest absolute Gasteiger partial charge is 0.478 e. The van der Waals surface area contributed by atoms with Crippen LogP contribution in [0.2, 0.25) is 0 Å². The number of benzene rings is 1. The molecule has 1 N–H and O–H groups in total. The van der Waals surface area contributed by atoms with Crippen molar-refractivity contribution in [1.29, 1.82) is 0 Å². The number of carboxylic acid groups (broad SMARTS) is 1. The normalized spacial score (nSPS) is 10.0. The maximum Gasteiger partial charge on any atom is 0.336 e. The van der Waals surface area contributed by atoms with E-state index in [0.717, 1.165) is 0 Å². The second kappa shape index (κ2) is 4.08. The molecule has 80 valence electrons. The highest BCUT2D eigenvalue weighted by Gasteiger charge is 2.21. The molecule has 0 amide bonds. The minimum Gasteiger partial charge on any atom is -0.478 e. The summed E-state index contributed by atoms with van der Waals surface area (Å²) in [6.45, 7) is 3.25. The summed E-state index contributed by atoms with van der Waals surface area (Å²) in [5.74, 6) is -1.14. The van der Waals surface area contributed by atoms with E-state index < -0.39 is 10.9 Å². The number of aryl methyl sites for hydroxylation is 1. The van der Waals surface area contributed by atoms with E-state index in [1.807, 2.05) is 0 Å². The monoisotopic (exact) mass is 209 g/mol. The molecule has 0 unspecified atom stereocenters. The Bertz CT molecular complexity index is 426. The van der Waals surface area contributed by atoms with Crippen LogP contribution in [-0.4, -0.2) is 16.0 Å². The van der Waals surface area contributed by atoms with Gasteiger partial charge in [0.15, 0.2) is 0 Å². The Labute approximate surface area is 86.5 Å². The van der Waals surface area contributed by atoms with Crippen molar-refractivity contribution in [3.8, 4) is 0 Å². The van der Waals surface area contributed by atoms with Crippen molar-refractivity contribution in [1.82, 2.24) is 0 Å². The summed E-state index contributed by atoms with van der Waals surface area (Å²) in [5, 5.41) is 19.6. The lowest BCUT2D eigenvalue weighted by Crippen LogP contribution is -2.05. The van der Waals surface area contributed by atoms with Crippen molar-refractivity contribution in [2.24, 2.45) is 0 Å². The lowest BCUT2D eigenvalue weighted by atomic mass is 10.0. The van der Waals surface area contributed by atoms with Crippen LogP contribution < -0.4 is 0 Å². The molecule has 0 radical (unpaired) electrons. The SMILES string of the molecule is CCc1ccc(C(=O)O)c(C)c1[N+](=O)[O-]. The first kappa shape index (κ1) is 11.2. The van der Waals surface area contributed by atoms with Crippen molar-refractivity contribution in [2.45, 2.75) is 20.3 Å². The van der Waals surface area contributed by atoms with Gasteiger partial charge in [0.1, 0.15) is 0 Å². The molecule has 0 atom stereocenters. The summed E-state index contributed by atoms with van der Waals surface area (Å²) in [6, 6.07) is 2.90. The summed E-state index contributed by atoms with van der Waals surface area (Å²) < 4.78 is 0. The van der Waals surface area contributed by atoms with Crippen LogP contribution in [0.25, 0.3) is 0 Å². The van der Waals surface area contributed by atoms with Gasteiger partial charge < -0.3 is 5.11 Å². The fourth-order valence-corrected chi connectivity index (χ4v) is 1.53. The van der Waals surface area contributed by atoms with Crippen LogP contribution in [0.1, 0.15) is 28.4 Å². The van der Waals surface area contributed by atoms with Crippen molar-refractivity contribution < 1.29 is 14.8 Å². The van der Waals surface area contributed by atoms with E-state index in [2.05, 4.69) is 0 Å². The third kappa shape index (κ3) is 1.96. The summed E-state index contributed by atoms with van der Waals surface area (Å²) in [5.41, 5.74) is 0.672. The molecule has 0 aliphatic rings. The molecule has 0 bridgehead atoms. The first-order chi connectivity index (χ1) is 6.99. The van der Waals surface area contributed by atoms with E-state index in [4.69, 9.17) is 5.11 Å². The highest BCUT2D eigenvalue weighted by atomic mass is 16.6. The molecule has 15 heavy (non-hydrogen) atoms. The predicted octanol–water partition coefficient (Wildman–Crippen LogP) is 2.16. The van der Waals surface area contributed by atoms with Gasteiger partial charge in [0, 0.05) is 11.1 Å². The highest BCUT2D eigenvalue weighted by Crippen LogP contribution is 2.26. The molecule has 1 aromatic rings. The van der Waals surface area contributed by atoms with Crippen molar-refractivity contribution >= 4 is 11.7 Å². The molecule has 1 aromatic carbocycles. The van der Waals surface area contributed by atoms with Gasteiger partial charge in [-0.25, -0.2) is 4.79 Å². The van der Waals surface area contributed by atoms with Gasteiger partial charge in [0.05, 0.1) is 10.5 Å². The molecule has 0 aromatic heterocycles. The second-order valence-corrected chi connectivity index (χ2v) is 3.16. The second-order valence-electron chi connectivity index (χ2n) is 3.16. The predicted molar refractivity (Wildman–Crippen MR) is 54.2 cm³/mol. The van der Waals surface area contributed by atoms with Crippen molar-refractivity contribution in [3.63, 3.8) is 0 Å². The molecular formula is C10H11NO4. The minimum atomic E-state index is -1.14. The van der Waals surface area contributed by atoms with E-state index in [9.17, 15) is 14.9 Å². The van der Waals surface area contributed by atoms with Gasteiger partial charge in [-0.15, -0.1) is 0 Å². The first-order valence-corrected chi connectivity index (χ1v) is 4.49. The average Bonchev–Trinajstić information content (AvgIpc) is 2.15. The Kier molecular flexibility index (Phi) is 3.04. The molecule has 0 aliphatic carbocycles. The molecule has 0 heterocycles. The highest BCUT2D eigenvalue weighted by molar-refractivity contribution is 5.90. The van der Waals surface area contributed by atoms with Crippen LogP contribution in [-0.2, 0) is 6.42 Å². The minimum absolute atomic E-state index is 0.0149. The third-order valence-corrected chi connectivity index (χ3v) is 2.31. The van der Waals surface area contributed by atoms with Gasteiger partial charge in [-0.05, 0) is 19.4 Å². The number of hydrogen-bond donors (Lipinski definition) is 1. The number of carboxylic acids is 1. The smallest absolute Gasteiger partial charge is 0.336 e. The topological polar surface area (TPSA) is 80.4 Å². The van der Waals surface area contributed by atoms with Crippen molar-refractivity contribution in [2.75, 3.05) is 0 Å². The van der Waals surface area contributed by atoms with Crippen LogP contribution in [0.3, 0.4) is 0 Å². The molecule has 0 fully saturated rings. The van der Waals surface area contributed by atoms with Gasteiger partial charge in [-0.3, -0.25) is 10.1 Å². The van der Waals surface area contributed by atoms with Gasteiger partial charge >= 0.3 is 5.97 Å². The zero-order valence-electron chi connectivity index (χ0n) is 8.48. The molecule has 5 nitrogen and oxygen atoms in total. The average molecular weight is 209 g/mol. The number of hydrogen-bond acceptors (Lipinski definition) is 3. The van der Waals surface area contributed by atoms with E-state index in [1.165, 1.54) is 19.1 Å². The Morgan fingerprint density at radius 2 is 2.13 bits per heavy atom. The van der Waals surface area contributed by atoms with Crippen LogP contribution in [0.5, 0.6) is 0 Å². The molecule has 1 rings (SSSR count). The summed E-state index contributed by atoms with van der Waals surface area (Å²) in [6.07, 6.45) is 0.511. The maximum atomic E-state index is 10.8. The number of carbonyl (C=O) groups is 1. The number of nitro groups is 1. The number of aromatic carboxylic acids is 1. The van der Waals surface area contributed by atoms with Crippen LogP contribution in [0, 0.1) is 17.0 Å². The standard InChI is InChI=1S/C10H11NO4/c1-3-7-4-5-8(10(12)13)6(2)9(7)11(14)15/h4-5H,3H2,1-2H3,(H,12,13). The molecule has 5 heteroatoms. The maximum absolute atomic E-state index is 10.8. The third-order valence-electron chi connectivity index (χ3n) is 2.31. The Hall–Kier alpha value is -1.91. The van der Waals surface area contributed by atoms with Gasteiger partial charge in [-0.2, -0.15) is 0 Å². The molecule has 0 saturated carbocycles. The first-order valence-electron chi connectivity index (χ1n) is 4.49. The molecule has 0 aliphatic heterocycles. The number of nitro benzene ring substituents is 1. The van der Waals surface area contributed by atoms with Gasteiger partial charge in [-0.1, -0.05) is 13.0 Å². The lowest BCUT2D eigenvalue weighted by molar-refractivity contribution is -0.386. The van der Waals surface area contributed by atoms with E-state index >= 15 is 0 Å². The van der Waals surface area contributed by atoms with E-state index in [-0.39, 0.29) is 16.8 Å². The van der Waals surface area contributed by atoms with E-state index in [0.29, 0.717) is 12.0 Å². The zero-order valence-corrected chi connectivity index (χ0v) is 8.48. The summed E-state index contributed by atoms with van der Waals surface area (Å²) in [7, 11) is 0.